The number of amides is 1. The van der Waals surface area contributed by atoms with Gasteiger partial charge in [-0.3, -0.25) is 14.5 Å². The van der Waals surface area contributed by atoms with Crippen LogP contribution >= 0.6 is 0 Å². The monoisotopic (exact) mass is 427 g/mol. The van der Waals surface area contributed by atoms with Gasteiger partial charge in [0.2, 0.25) is 5.91 Å². The number of methoxy groups -OCH3 is 1. The van der Waals surface area contributed by atoms with Crippen molar-refractivity contribution in [1.82, 2.24) is 9.47 Å². The maximum atomic E-state index is 13.0. The molecule has 0 radical (unpaired) electrons. The first-order valence-corrected chi connectivity index (χ1v) is 10.9. The van der Waals surface area contributed by atoms with Crippen LogP contribution in [0.4, 0.5) is 5.69 Å². The van der Waals surface area contributed by atoms with Crippen LogP contribution in [0.5, 0.6) is 5.75 Å². The van der Waals surface area contributed by atoms with Gasteiger partial charge in [-0.05, 0) is 63.6 Å². The molecule has 0 spiro atoms. The lowest BCUT2D eigenvalue weighted by atomic mass is 10.1. The quantitative estimate of drug-likeness (QED) is 0.588. The molecule has 1 saturated heterocycles. The van der Waals surface area contributed by atoms with Gasteiger partial charge in [-0.15, -0.1) is 0 Å². The average Bonchev–Trinajstić information content (AvgIpc) is 3.37. The Kier molecular flexibility index (Phi) is 7.87. The maximum Gasteiger partial charge on any atom is 0.238 e. The Bertz CT molecular complexity index is 898. The lowest BCUT2D eigenvalue weighted by molar-refractivity contribution is -0.117. The van der Waals surface area contributed by atoms with Crippen molar-refractivity contribution in [3.05, 3.63) is 47.3 Å². The van der Waals surface area contributed by atoms with E-state index in [1.165, 1.54) is 0 Å². The van der Waals surface area contributed by atoms with E-state index in [1.807, 2.05) is 31.7 Å². The van der Waals surface area contributed by atoms with Crippen LogP contribution in [0.2, 0.25) is 0 Å². The third-order valence-corrected chi connectivity index (χ3v) is 5.84. The van der Waals surface area contributed by atoms with Gasteiger partial charge in [0.15, 0.2) is 5.78 Å². The van der Waals surface area contributed by atoms with E-state index in [0.717, 1.165) is 48.7 Å². The van der Waals surface area contributed by atoms with Gasteiger partial charge in [-0.25, -0.2) is 0 Å². The van der Waals surface area contributed by atoms with E-state index >= 15 is 0 Å². The zero-order valence-corrected chi connectivity index (χ0v) is 18.9. The van der Waals surface area contributed by atoms with E-state index in [2.05, 4.69) is 9.88 Å². The second-order valence-electron chi connectivity index (χ2n) is 8.03. The standard InChI is InChI=1S/C24H33N3O4/c1-5-26(16-24(29)25-19-8-10-20(30-4)11-9-19)15-23(28)22-13-17(2)27(18(22)3)14-21-7-6-12-31-21/h8-11,13,21H,5-7,12,14-16H2,1-4H3,(H,25,29)/t21-/m0/s1. The van der Waals surface area contributed by atoms with Crippen molar-refractivity contribution in [2.75, 3.05) is 38.7 Å². The van der Waals surface area contributed by atoms with Crippen LogP contribution in [-0.2, 0) is 16.1 Å². The van der Waals surface area contributed by atoms with Crippen LogP contribution in [0.25, 0.3) is 0 Å². The molecule has 2 heterocycles. The Morgan fingerprint density at radius 2 is 1.97 bits per heavy atom. The maximum absolute atomic E-state index is 13.0. The first kappa shape index (κ1) is 23.0. The van der Waals surface area contributed by atoms with Crippen molar-refractivity contribution in [2.24, 2.45) is 0 Å². The number of carbonyl (C=O) groups excluding carboxylic acids is 2. The number of aromatic nitrogens is 1. The molecule has 1 aromatic carbocycles. The van der Waals surface area contributed by atoms with Gasteiger partial charge in [0, 0.05) is 35.8 Å². The number of anilines is 1. The van der Waals surface area contributed by atoms with E-state index in [-0.39, 0.29) is 30.9 Å². The molecular weight excluding hydrogens is 394 g/mol. The molecule has 1 aliphatic heterocycles. The molecule has 1 aliphatic rings. The molecule has 1 aromatic heterocycles. The van der Waals surface area contributed by atoms with Crippen LogP contribution in [0.3, 0.4) is 0 Å². The summed E-state index contributed by atoms with van der Waals surface area (Å²) >= 11 is 0. The summed E-state index contributed by atoms with van der Waals surface area (Å²) in [7, 11) is 1.60. The molecule has 1 amide bonds. The second-order valence-corrected chi connectivity index (χ2v) is 8.03. The zero-order chi connectivity index (χ0) is 22.4. The summed E-state index contributed by atoms with van der Waals surface area (Å²) in [5.74, 6) is 0.616. The Hall–Kier alpha value is -2.64. The summed E-state index contributed by atoms with van der Waals surface area (Å²) < 4.78 is 13.1. The highest BCUT2D eigenvalue weighted by Gasteiger charge is 2.22. The molecule has 1 atom stereocenters. The highest BCUT2D eigenvalue weighted by molar-refractivity contribution is 5.99. The van der Waals surface area contributed by atoms with Crippen molar-refractivity contribution in [1.29, 1.82) is 0 Å². The number of likely N-dealkylation sites (N-methyl/N-ethyl adjacent to an activating group) is 1. The number of carbonyl (C=O) groups is 2. The van der Waals surface area contributed by atoms with E-state index in [4.69, 9.17) is 9.47 Å². The minimum Gasteiger partial charge on any atom is -0.497 e. The average molecular weight is 428 g/mol. The number of nitrogens with zero attached hydrogens (tertiary/aromatic N) is 2. The third-order valence-electron chi connectivity index (χ3n) is 5.84. The first-order valence-electron chi connectivity index (χ1n) is 10.9. The van der Waals surface area contributed by atoms with Crippen molar-refractivity contribution in [3.8, 4) is 5.75 Å². The van der Waals surface area contributed by atoms with Crippen LogP contribution < -0.4 is 10.1 Å². The molecule has 7 nitrogen and oxygen atoms in total. The molecule has 0 aliphatic carbocycles. The summed E-state index contributed by atoms with van der Waals surface area (Å²) in [6.07, 6.45) is 2.38. The highest BCUT2D eigenvalue weighted by Crippen LogP contribution is 2.21. The fourth-order valence-electron chi connectivity index (χ4n) is 4.00. The van der Waals surface area contributed by atoms with Gasteiger partial charge in [0.1, 0.15) is 5.75 Å². The zero-order valence-electron chi connectivity index (χ0n) is 18.9. The molecule has 31 heavy (non-hydrogen) atoms. The number of hydrogen-bond acceptors (Lipinski definition) is 5. The Labute approximate surface area is 184 Å². The number of aryl methyl sites for hydroxylation is 1. The lowest BCUT2D eigenvalue weighted by Gasteiger charge is -2.19. The molecule has 1 fully saturated rings. The summed E-state index contributed by atoms with van der Waals surface area (Å²) in [4.78, 5) is 27.3. The first-order chi connectivity index (χ1) is 14.9. The number of rotatable bonds is 10. The second kappa shape index (κ2) is 10.6. The normalized spacial score (nSPS) is 16.0. The van der Waals surface area contributed by atoms with Crippen LogP contribution in [0, 0.1) is 13.8 Å². The molecule has 168 valence electrons. The molecule has 0 saturated carbocycles. The topological polar surface area (TPSA) is 72.8 Å². The number of Topliss-reactive ketones (excluding diaryl/α,β-unsaturated/α-hetero) is 1. The van der Waals surface area contributed by atoms with E-state index in [9.17, 15) is 9.59 Å². The van der Waals surface area contributed by atoms with Gasteiger partial charge in [0.05, 0.1) is 26.3 Å². The van der Waals surface area contributed by atoms with Crippen LogP contribution in [-0.4, -0.2) is 60.6 Å². The van der Waals surface area contributed by atoms with Gasteiger partial charge < -0.3 is 19.4 Å². The largest absolute Gasteiger partial charge is 0.497 e. The Morgan fingerprint density at radius 3 is 2.58 bits per heavy atom. The Balaban J connectivity index is 1.59. The van der Waals surface area contributed by atoms with Crippen molar-refractivity contribution >= 4 is 17.4 Å². The van der Waals surface area contributed by atoms with Crippen molar-refractivity contribution < 1.29 is 19.1 Å². The number of hydrogen-bond donors (Lipinski definition) is 1. The van der Waals surface area contributed by atoms with Crippen LogP contribution in [0.1, 0.15) is 41.5 Å². The molecule has 7 heteroatoms. The minimum absolute atomic E-state index is 0.0331. The minimum atomic E-state index is -0.149. The number of benzene rings is 1. The number of nitrogens with one attached hydrogen (secondary N) is 1. The third kappa shape index (κ3) is 5.95. The molecule has 0 bridgehead atoms. The molecular formula is C24H33N3O4. The fourth-order valence-corrected chi connectivity index (χ4v) is 4.00. The van der Waals surface area contributed by atoms with Gasteiger partial charge in [-0.1, -0.05) is 6.92 Å². The number of ether oxygens (including phenoxy) is 2. The predicted octanol–water partition coefficient (Wildman–Crippen LogP) is 3.44. The molecule has 1 N–H and O–H groups in total. The van der Waals surface area contributed by atoms with Crippen LogP contribution in [0.15, 0.2) is 30.3 Å². The smallest absolute Gasteiger partial charge is 0.238 e. The van der Waals surface area contributed by atoms with Gasteiger partial charge in [0.25, 0.3) is 0 Å². The SMILES string of the molecule is CCN(CC(=O)Nc1ccc(OC)cc1)CC(=O)c1cc(C)n(C[C@@H]2CCCO2)c1C. The Morgan fingerprint density at radius 1 is 1.23 bits per heavy atom. The van der Waals surface area contributed by atoms with E-state index in [1.54, 1.807) is 31.4 Å². The van der Waals surface area contributed by atoms with Crippen molar-refractivity contribution in [2.45, 2.75) is 46.3 Å². The fraction of sp³-hybridized carbons (Fsp3) is 0.500. The highest BCUT2D eigenvalue weighted by atomic mass is 16.5. The summed E-state index contributed by atoms with van der Waals surface area (Å²) in [6.45, 7) is 8.54. The van der Waals surface area contributed by atoms with E-state index < -0.39 is 0 Å². The summed E-state index contributed by atoms with van der Waals surface area (Å²) in [6, 6.07) is 9.13. The molecule has 2 aromatic rings. The van der Waals surface area contributed by atoms with Crippen molar-refractivity contribution in [3.63, 3.8) is 0 Å². The number of ketones is 1. The van der Waals surface area contributed by atoms with E-state index in [0.29, 0.717) is 12.2 Å². The summed E-state index contributed by atoms with van der Waals surface area (Å²) in [5, 5.41) is 2.87. The molecule has 0 unspecified atom stereocenters. The molecule has 3 rings (SSSR count). The van der Waals surface area contributed by atoms with Gasteiger partial charge in [-0.2, -0.15) is 0 Å². The van der Waals surface area contributed by atoms with Gasteiger partial charge >= 0.3 is 0 Å². The lowest BCUT2D eigenvalue weighted by Crippen LogP contribution is -2.37. The summed E-state index contributed by atoms with van der Waals surface area (Å²) in [5.41, 5.74) is 3.46. The predicted molar refractivity (Wildman–Crippen MR) is 121 cm³/mol.